The molecule has 2 aliphatic rings. The van der Waals surface area contributed by atoms with Gasteiger partial charge in [0.1, 0.15) is 11.8 Å². The second-order valence-electron chi connectivity index (χ2n) is 6.77. The summed E-state index contributed by atoms with van der Waals surface area (Å²) in [5.74, 6) is 0.269. The Morgan fingerprint density at radius 1 is 1.48 bits per heavy atom. The molecule has 0 fully saturated rings. The van der Waals surface area contributed by atoms with E-state index in [9.17, 15) is 5.26 Å². The molecule has 0 spiro atoms. The Morgan fingerprint density at radius 3 is 2.84 bits per heavy atom. The maximum atomic E-state index is 9.63. The molecule has 0 saturated carbocycles. The van der Waals surface area contributed by atoms with Gasteiger partial charge < -0.3 is 10.2 Å². The minimum Gasteiger partial charge on any atom is -0.354 e. The van der Waals surface area contributed by atoms with Gasteiger partial charge in [0.2, 0.25) is 0 Å². The van der Waals surface area contributed by atoms with Crippen molar-refractivity contribution in [2.45, 2.75) is 25.9 Å². The van der Waals surface area contributed by atoms with Crippen LogP contribution in [0.1, 0.15) is 13.8 Å². The Balaban J connectivity index is 2.16. The lowest BCUT2D eigenvalue weighted by atomic mass is 9.85. The van der Waals surface area contributed by atoms with Crippen LogP contribution in [0.2, 0.25) is 0 Å². The second kappa shape index (κ2) is 8.84. The number of rotatable bonds is 9. The molecule has 4 nitrogen and oxygen atoms in total. The monoisotopic (exact) mass is 338 g/mol. The van der Waals surface area contributed by atoms with E-state index in [0.29, 0.717) is 6.04 Å². The zero-order chi connectivity index (χ0) is 18.4. The van der Waals surface area contributed by atoms with Crippen LogP contribution in [-0.2, 0) is 0 Å². The molecule has 0 bridgehead atoms. The molecule has 0 saturated heterocycles. The van der Waals surface area contributed by atoms with Crippen molar-refractivity contribution in [3.8, 4) is 6.07 Å². The van der Waals surface area contributed by atoms with Crippen molar-refractivity contribution in [1.29, 1.82) is 5.26 Å². The zero-order valence-corrected chi connectivity index (χ0v) is 15.7. The van der Waals surface area contributed by atoms with E-state index in [2.05, 4.69) is 66.4 Å². The molecule has 1 N–H and O–H groups in total. The predicted molar refractivity (Wildman–Crippen MR) is 105 cm³/mol. The molecule has 1 heterocycles. The topological polar surface area (TPSA) is 42.3 Å². The summed E-state index contributed by atoms with van der Waals surface area (Å²) in [7, 11) is 1.97. The summed E-state index contributed by atoms with van der Waals surface area (Å²) in [6.45, 7) is 15.7. The third-order valence-corrected chi connectivity index (χ3v) is 5.23. The van der Waals surface area contributed by atoms with Gasteiger partial charge >= 0.3 is 0 Å². The minimum absolute atomic E-state index is 0.232. The first kappa shape index (κ1) is 19.2. The summed E-state index contributed by atoms with van der Waals surface area (Å²) < 4.78 is 0. The van der Waals surface area contributed by atoms with Gasteiger partial charge in [-0.2, -0.15) is 5.26 Å². The molecular formula is C21H30N4. The summed E-state index contributed by atoms with van der Waals surface area (Å²) >= 11 is 0. The van der Waals surface area contributed by atoms with Crippen molar-refractivity contribution >= 4 is 0 Å². The third-order valence-electron chi connectivity index (χ3n) is 5.23. The average Bonchev–Trinajstić information content (AvgIpc) is 2.97. The number of nitrogens with one attached hydrogen (secondary N) is 1. The van der Waals surface area contributed by atoms with Gasteiger partial charge in [0.15, 0.2) is 0 Å². The number of fused-ring (bicyclic) bond motifs is 1. The van der Waals surface area contributed by atoms with Crippen LogP contribution in [0.15, 0.2) is 60.4 Å². The predicted octanol–water partition coefficient (Wildman–Crippen LogP) is 2.86. The molecule has 0 aromatic carbocycles. The Morgan fingerprint density at radius 2 is 2.24 bits per heavy atom. The fourth-order valence-corrected chi connectivity index (χ4v) is 3.71. The first-order valence-corrected chi connectivity index (χ1v) is 8.96. The molecule has 3 atom stereocenters. The molecule has 1 aliphatic heterocycles. The van der Waals surface area contributed by atoms with Crippen molar-refractivity contribution in [2.75, 3.05) is 33.2 Å². The molecule has 0 radical (unpaired) electrons. The molecule has 2 rings (SSSR count). The first-order chi connectivity index (χ1) is 12.1. The van der Waals surface area contributed by atoms with Gasteiger partial charge in [-0.3, -0.25) is 4.90 Å². The van der Waals surface area contributed by atoms with Gasteiger partial charge in [0, 0.05) is 38.1 Å². The van der Waals surface area contributed by atoms with E-state index >= 15 is 0 Å². The van der Waals surface area contributed by atoms with Crippen LogP contribution in [0.5, 0.6) is 0 Å². The molecular weight excluding hydrogens is 308 g/mol. The Bertz CT molecular complexity index is 635. The zero-order valence-electron chi connectivity index (χ0n) is 15.7. The van der Waals surface area contributed by atoms with Gasteiger partial charge in [-0.05, 0) is 32.5 Å². The second-order valence-corrected chi connectivity index (χ2v) is 6.77. The lowest BCUT2D eigenvalue weighted by Gasteiger charge is -2.37. The largest absolute Gasteiger partial charge is 0.354 e. The third kappa shape index (κ3) is 4.12. The molecule has 0 aromatic rings. The van der Waals surface area contributed by atoms with Crippen LogP contribution in [0, 0.1) is 17.2 Å². The van der Waals surface area contributed by atoms with Crippen LogP contribution in [0.25, 0.3) is 0 Å². The normalized spacial score (nSPS) is 23.3. The van der Waals surface area contributed by atoms with Gasteiger partial charge in [-0.25, -0.2) is 0 Å². The van der Waals surface area contributed by atoms with Crippen LogP contribution < -0.4 is 5.32 Å². The number of nitriles is 1. The molecule has 1 aliphatic carbocycles. The van der Waals surface area contributed by atoms with Crippen molar-refractivity contribution in [1.82, 2.24) is 15.1 Å². The Labute approximate surface area is 152 Å². The molecule has 25 heavy (non-hydrogen) atoms. The van der Waals surface area contributed by atoms with Crippen molar-refractivity contribution in [3.63, 3.8) is 0 Å². The van der Waals surface area contributed by atoms with Gasteiger partial charge in [-0.1, -0.05) is 36.5 Å². The minimum atomic E-state index is 0.232. The maximum Gasteiger partial charge on any atom is 0.117 e. The van der Waals surface area contributed by atoms with Crippen LogP contribution in [0.4, 0.5) is 0 Å². The highest BCUT2D eigenvalue weighted by molar-refractivity contribution is 5.46. The quantitative estimate of drug-likeness (QED) is 0.657. The summed E-state index contributed by atoms with van der Waals surface area (Å²) in [4.78, 5) is 4.65. The van der Waals surface area contributed by atoms with Crippen molar-refractivity contribution < 1.29 is 0 Å². The van der Waals surface area contributed by atoms with E-state index in [1.807, 2.05) is 19.2 Å². The molecule has 0 amide bonds. The first-order valence-electron chi connectivity index (χ1n) is 8.96. The van der Waals surface area contributed by atoms with E-state index in [1.54, 1.807) is 0 Å². The Hall–Kier alpha value is -2.09. The van der Waals surface area contributed by atoms with Gasteiger partial charge in [-0.15, -0.1) is 6.58 Å². The lowest BCUT2D eigenvalue weighted by Crippen LogP contribution is -2.46. The SMILES string of the molecule is C=CCN(CCNC)C(C)CN1C(C#N)=CC2C(C)=C(C=C)C=CC21. The van der Waals surface area contributed by atoms with Crippen LogP contribution in [0.3, 0.4) is 0 Å². The number of hydrogen-bond donors (Lipinski definition) is 1. The highest BCUT2D eigenvalue weighted by Crippen LogP contribution is 2.37. The summed E-state index contributed by atoms with van der Waals surface area (Å²) in [6.07, 6.45) is 10.3. The standard InChI is InChI=1S/C21H30N4/c1-6-11-24(12-10-23-5)16(3)15-25-19(14-22)13-20-17(4)18(7-2)8-9-21(20)25/h6-9,13,16,20-21,23H,1-2,10-12,15H2,3-5H3. The number of nitrogens with zero attached hydrogens (tertiary/aromatic N) is 3. The van der Waals surface area contributed by atoms with Gasteiger partial charge in [0.05, 0.1) is 6.04 Å². The van der Waals surface area contributed by atoms with E-state index in [0.717, 1.165) is 31.9 Å². The number of hydrogen-bond acceptors (Lipinski definition) is 4. The number of allylic oxidation sites excluding steroid dienone is 4. The van der Waals surface area contributed by atoms with E-state index < -0.39 is 0 Å². The molecule has 4 heteroatoms. The molecule has 0 aromatic heterocycles. The lowest BCUT2D eigenvalue weighted by molar-refractivity contribution is 0.171. The van der Waals surface area contributed by atoms with E-state index in [4.69, 9.17) is 0 Å². The summed E-state index contributed by atoms with van der Waals surface area (Å²) in [5, 5.41) is 12.8. The smallest absolute Gasteiger partial charge is 0.117 e. The molecule has 3 unspecified atom stereocenters. The number of likely N-dealkylation sites (N-methyl/N-ethyl adjacent to an activating group) is 1. The highest BCUT2D eigenvalue weighted by atomic mass is 15.3. The maximum absolute atomic E-state index is 9.63. The van der Waals surface area contributed by atoms with Crippen molar-refractivity contribution in [3.05, 3.63) is 60.4 Å². The van der Waals surface area contributed by atoms with Crippen LogP contribution in [-0.4, -0.2) is 55.1 Å². The summed E-state index contributed by atoms with van der Waals surface area (Å²) in [6, 6.07) is 2.96. The molecule has 134 valence electrons. The van der Waals surface area contributed by atoms with Crippen LogP contribution >= 0.6 is 0 Å². The fourth-order valence-electron chi connectivity index (χ4n) is 3.71. The van der Waals surface area contributed by atoms with Crippen molar-refractivity contribution in [2.24, 2.45) is 5.92 Å². The van der Waals surface area contributed by atoms with E-state index in [1.165, 1.54) is 11.1 Å². The highest BCUT2D eigenvalue weighted by Gasteiger charge is 2.37. The average molecular weight is 338 g/mol. The van der Waals surface area contributed by atoms with Gasteiger partial charge in [0.25, 0.3) is 0 Å². The fraction of sp³-hybridized carbons (Fsp3) is 0.476. The Kier molecular flexibility index (Phi) is 6.81. The summed E-state index contributed by atoms with van der Waals surface area (Å²) in [5.41, 5.74) is 3.25. The van der Waals surface area contributed by atoms with E-state index in [-0.39, 0.29) is 12.0 Å².